The molecule has 3 aliphatic heterocycles. The van der Waals surface area contributed by atoms with E-state index in [1.54, 1.807) is 29.2 Å². The number of para-hydroxylation sites is 1. The first kappa shape index (κ1) is 40.0. The molecular formula is C45H50N6O7. The van der Waals surface area contributed by atoms with E-state index in [1.165, 1.54) is 12.0 Å². The molecule has 0 spiro atoms. The molecule has 302 valence electrons. The molecule has 0 radical (unpaired) electrons. The van der Waals surface area contributed by atoms with Crippen LogP contribution in [0.15, 0.2) is 109 Å². The van der Waals surface area contributed by atoms with Gasteiger partial charge in [-0.05, 0) is 91.6 Å². The highest BCUT2D eigenvalue weighted by molar-refractivity contribution is 5.99. The van der Waals surface area contributed by atoms with E-state index in [9.17, 15) is 24.0 Å². The molecule has 7 rings (SSSR count). The maximum Gasteiger partial charge on any atom is 0.407 e. The van der Waals surface area contributed by atoms with Gasteiger partial charge in [0, 0.05) is 49.8 Å². The molecule has 4 aromatic carbocycles. The highest BCUT2D eigenvalue weighted by Gasteiger charge is 2.40. The molecule has 0 saturated carbocycles. The number of benzene rings is 4. The Bertz CT molecular complexity index is 2040. The Kier molecular flexibility index (Phi) is 13.0. The van der Waals surface area contributed by atoms with Crippen LogP contribution in [0.5, 0.6) is 0 Å². The molecule has 3 saturated heterocycles. The number of hydrogen-bond acceptors (Lipinski definition) is 8. The molecule has 3 fully saturated rings. The molecule has 0 aliphatic carbocycles. The first-order valence-electron chi connectivity index (χ1n) is 20.0. The molecule has 5 amide bonds. The third kappa shape index (κ3) is 9.66. The zero-order valence-corrected chi connectivity index (χ0v) is 32.7. The number of rotatable bonds is 13. The molecule has 3 aliphatic rings. The number of likely N-dealkylation sites (tertiary alicyclic amines) is 2. The lowest BCUT2D eigenvalue weighted by atomic mass is 10.0. The highest BCUT2D eigenvalue weighted by Crippen LogP contribution is 2.27. The van der Waals surface area contributed by atoms with Crippen LogP contribution in [0.4, 0.5) is 21.9 Å². The van der Waals surface area contributed by atoms with E-state index in [0.29, 0.717) is 75.4 Å². The van der Waals surface area contributed by atoms with Crippen LogP contribution in [0, 0.1) is 0 Å². The molecule has 0 bridgehead atoms. The van der Waals surface area contributed by atoms with Gasteiger partial charge < -0.3 is 40.1 Å². The van der Waals surface area contributed by atoms with E-state index in [0.717, 1.165) is 29.7 Å². The Hall–Kier alpha value is -6.21. The summed E-state index contributed by atoms with van der Waals surface area (Å²) in [5.74, 6) is -0.925. The van der Waals surface area contributed by atoms with Gasteiger partial charge in [0.15, 0.2) is 0 Å². The van der Waals surface area contributed by atoms with Gasteiger partial charge in [-0.2, -0.15) is 0 Å². The third-order valence-electron chi connectivity index (χ3n) is 11.0. The van der Waals surface area contributed by atoms with Gasteiger partial charge in [0.25, 0.3) is 11.8 Å². The summed E-state index contributed by atoms with van der Waals surface area (Å²) in [6, 6.07) is 32.3. The number of hydrogen-bond donors (Lipinski definition) is 3. The van der Waals surface area contributed by atoms with Crippen molar-refractivity contribution in [1.29, 1.82) is 0 Å². The van der Waals surface area contributed by atoms with E-state index in [1.807, 2.05) is 72.8 Å². The fourth-order valence-corrected chi connectivity index (χ4v) is 8.00. The van der Waals surface area contributed by atoms with E-state index in [4.69, 9.17) is 9.47 Å². The van der Waals surface area contributed by atoms with Crippen molar-refractivity contribution in [1.82, 2.24) is 15.1 Å². The van der Waals surface area contributed by atoms with Crippen LogP contribution in [0.2, 0.25) is 0 Å². The van der Waals surface area contributed by atoms with Gasteiger partial charge in [-0.25, -0.2) is 4.79 Å². The Morgan fingerprint density at radius 2 is 1.22 bits per heavy atom. The van der Waals surface area contributed by atoms with Crippen molar-refractivity contribution in [2.45, 2.75) is 75.8 Å². The van der Waals surface area contributed by atoms with Crippen molar-refractivity contribution in [3.63, 3.8) is 0 Å². The van der Waals surface area contributed by atoms with Crippen molar-refractivity contribution >= 4 is 46.8 Å². The number of carbonyl (C=O) groups excluding carboxylic acids is 5. The molecule has 4 atom stereocenters. The lowest BCUT2D eigenvalue weighted by Crippen LogP contribution is -2.48. The summed E-state index contributed by atoms with van der Waals surface area (Å²) in [7, 11) is 1.24. The van der Waals surface area contributed by atoms with Crippen LogP contribution in [-0.4, -0.2) is 84.5 Å². The lowest BCUT2D eigenvalue weighted by Gasteiger charge is -2.28. The Labute approximate surface area is 338 Å². The fourth-order valence-electron chi connectivity index (χ4n) is 8.00. The fraction of sp³-hybridized carbons (Fsp3) is 0.356. The average Bonchev–Trinajstić information content (AvgIpc) is 4.08. The second-order valence-electron chi connectivity index (χ2n) is 14.9. The maximum atomic E-state index is 13.8. The number of ether oxygens (including phenoxy) is 2. The first-order chi connectivity index (χ1) is 28.3. The number of carbonyl (C=O) groups is 5. The van der Waals surface area contributed by atoms with E-state index in [2.05, 4.69) is 33.0 Å². The van der Waals surface area contributed by atoms with E-state index in [-0.39, 0.29) is 23.6 Å². The Morgan fingerprint density at radius 3 is 1.76 bits per heavy atom. The van der Waals surface area contributed by atoms with Crippen molar-refractivity contribution < 1.29 is 33.4 Å². The van der Waals surface area contributed by atoms with Gasteiger partial charge in [-0.1, -0.05) is 72.8 Å². The second-order valence-corrected chi connectivity index (χ2v) is 14.9. The van der Waals surface area contributed by atoms with Crippen LogP contribution in [-0.2, 0) is 41.7 Å². The number of methoxy groups -OCH3 is 1. The van der Waals surface area contributed by atoms with Crippen molar-refractivity contribution in [2.24, 2.45) is 0 Å². The van der Waals surface area contributed by atoms with Crippen LogP contribution in [0.1, 0.15) is 61.3 Å². The molecule has 3 N–H and O–H groups in total. The minimum absolute atomic E-state index is 0.0834. The predicted molar refractivity (Wildman–Crippen MR) is 220 cm³/mol. The molecule has 58 heavy (non-hydrogen) atoms. The van der Waals surface area contributed by atoms with Crippen LogP contribution < -0.4 is 20.9 Å². The predicted octanol–water partition coefficient (Wildman–Crippen LogP) is 6.03. The van der Waals surface area contributed by atoms with Gasteiger partial charge in [0.05, 0.1) is 7.11 Å². The minimum Gasteiger partial charge on any atom is -0.453 e. The monoisotopic (exact) mass is 786 g/mol. The molecular weight excluding hydrogens is 737 g/mol. The number of anilines is 3. The minimum atomic E-state index is -0.990. The normalized spacial score (nSPS) is 19.3. The van der Waals surface area contributed by atoms with Crippen molar-refractivity contribution in [3.05, 3.63) is 126 Å². The lowest BCUT2D eigenvalue weighted by molar-refractivity contribution is -0.144. The summed E-state index contributed by atoms with van der Waals surface area (Å²) >= 11 is 0. The van der Waals surface area contributed by atoms with Gasteiger partial charge in [-0.15, -0.1) is 0 Å². The molecule has 4 aromatic rings. The second kappa shape index (κ2) is 18.8. The SMILES string of the molecule is COC(=O)NC(C(=O)N1CCCC1C(=O)Nc1ccc(CN(Cc2ccc(NC(=O)C3CCCN3C(=O)C3CCCO3)cc2)c2ccccc2)cc1)c1ccccc1. The third-order valence-corrected chi connectivity index (χ3v) is 11.0. The Morgan fingerprint density at radius 1 is 0.690 bits per heavy atom. The van der Waals surface area contributed by atoms with E-state index >= 15 is 0 Å². The molecule has 0 aromatic heterocycles. The summed E-state index contributed by atoms with van der Waals surface area (Å²) in [4.78, 5) is 71.3. The van der Waals surface area contributed by atoms with Crippen molar-refractivity contribution in [3.8, 4) is 0 Å². The van der Waals surface area contributed by atoms with Gasteiger partial charge in [-0.3, -0.25) is 19.2 Å². The quantitative estimate of drug-likeness (QED) is 0.149. The number of alkyl carbamates (subject to hydrolysis) is 1. The summed E-state index contributed by atoms with van der Waals surface area (Å²) < 4.78 is 10.4. The summed E-state index contributed by atoms with van der Waals surface area (Å²) in [5, 5.41) is 8.65. The summed E-state index contributed by atoms with van der Waals surface area (Å²) in [6.45, 7) is 2.74. The standard InChI is InChI=1S/C45H50N6O7/c1-57-45(56)48-40(33-11-4-2-5-12-33)44(55)51-27-9-16-38(51)42(53)47-35-24-20-32(21-25-35)30-49(36-13-6-3-7-14-36)29-31-18-22-34(23-19-31)46-41(52)37-15-8-26-50(37)43(54)39-17-10-28-58-39/h2-7,11-14,18-25,37-40H,8-10,15-17,26-30H2,1H3,(H,46,52)(H,47,53)(H,48,56). The van der Waals surface area contributed by atoms with Crippen LogP contribution >= 0.6 is 0 Å². The van der Waals surface area contributed by atoms with Crippen LogP contribution in [0.3, 0.4) is 0 Å². The maximum absolute atomic E-state index is 13.8. The van der Waals surface area contributed by atoms with Gasteiger partial charge in [0.2, 0.25) is 11.8 Å². The molecule has 4 unspecified atom stereocenters. The average molecular weight is 787 g/mol. The largest absolute Gasteiger partial charge is 0.453 e. The van der Waals surface area contributed by atoms with Gasteiger partial charge in [0.1, 0.15) is 24.2 Å². The first-order valence-corrected chi connectivity index (χ1v) is 20.0. The molecule has 3 heterocycles. The summed E-state index contributed by atoms with van der Waals surface area (Å²) in [5.41, 5.74) is 5.00. The van der Waals surface area contributed by atoms with E-state index < -0.39 is 30.3 Å². The van der Waals surface area contributed by atoms with Crippen molar-refractivity contribution in [2.75, 3.05) is 42.3 Å². The zero-order chi connectivity index (χ0) is 40.4. The number of nitrogens with one attached hydrogen (secondary N) is 3. The Balaban J connectivity index is 0.967. The smallest absolute Gasteiger partial charge is 0.407 e. The number of nitrogens with zero attached hydrogens (tertiary/aromatic N) is 3. The highest BCUT2D eigenvalue weighted by atomic mass is 16.5. The zero-order valence-electron chi connectivity index (χ0n) is 32.7. The molecule has 13 nitrogen and oxygen atoms in total. The molecule has 13 heteroatoms. The van der Waals surface area contributed by atoms with Crippen LogP contribution in [0.25, 0.3) is 0 Å². The number of amides is 5. The summed E-state index contributed by atoms with van der Waals surface area (Å²) in [6.07, 6.45) is 2.99. The topological polar surface area (TPSA) is 150 Å². The van der Waals surface area contributed by atoms with Gasteiger partial charge >= 0.3 is 6.09 Å².